The van der Waals surface area contributed by atoms with E-state index in [0.717, 1.165) is 0 Å². The van der Waals surface area contributed by atoms with E-state index >= 15 is 0 Å². The van der Waals surface area contributed by atoms with E-state index < -0.39 is 23.5 Å². The van der Waals surface area contributed by atoms with Gasteiger partial charge in [0.1, 0.15) is 11.3 Å². The van der Waals surface area contributed by atoms with Gasteiger partial charge in [0.15, 0.2) is 5.78 Å². The van der Waals surface area contributed by atoms with Gasteiger partial charge in [0.25, 0.3) is 11.8 Å². The Labute approximate surface area is 143 Å². The van der Waals surface area contributed by atoms with Gasteiger partial charge in [-0.2, -0.15) is 0 Å². The molecule has 0 atom stereocenters. The van der Waals surface area contributed by atoms with Crippen LogP contribution in [0.25, 0.3) is 0 Å². The van der Waals surface area contributed by atoms with Crippen molar-refractivity contribution in [2.24, 2.45) is 5.73 Å². The molecule has 8 nitrogen and oxygen atoms in total. The van der Waals surface area contributed by atoms with E-state index in [1.54, 1.807) is 30.3 Å². The molecule has 1 aromatic heterocycles. The molecule has 4 N–H and O–H groups in total. The van der Waals surface area contributed by atoms with Crippen molar-refractivity contribution in [1.29, 1.82) is 0 Å². The van der Waals surface area contributed by atoms with Crippen molar-refractivity contribution in [3.8, 4) is 0 Å². The normalized spacial score (nSPS) is 10.2. The summed E-state index contributed by atoms with van der Waals surface area (Å²) < 4.78 is 5.26. The van der Waals surface area contributed by atoms with Gasteiger partial charge in [-0.25, -0.2) is 0 Å². The van der Waals surface area contributed by atoms with Crippen LogP contribution < -0.4 is 16.4 Å². The zero-order valence-corrected chi connectivity index (χ0v) is 13.7. The van der Waals surface area contributed by atoms with Gasteiger partial charge in [-0.1, -0.05) is 18.2 Å². The summed E-state index contributed by atoms with van der Waals surface area (Å²) in [6.07, 6.45) is 0. The summed E-state index contributed by atoms with van der Waals surface area (Å²) >= 11 is 0. The molecule has 0 saturated carbocycles. The van der Waals surface area contributed by atoms with Gasteiger partial charge in [0.05, 0.1) is 12.1 Å². The molecule has 25 heavy (non-hydrogen) atoms. The van der Waals surface area contributed by atoms with E-state index in [2.05, 4.69) is 10.6 Å². The number of ketones is 1. The minimum absolute atomic E-state index is 0.0242. The first-order valence-electron chi connectivity index (χ1n) is 7.38. The number of nitrogens with one attached hydrogen (secondary N) is 2. The number of hydrogen-bond donors (Lipinski definition) is 3. The fraction of sp³-hybridized carbons (Fsp3) is 0.176. The summed E-state index contributed by atoms with van der Waals surface area (Å²) in [4.78, 5) is 47.1. The van der Waals surface area contributed by atoms with E-state index in [4.69, 9.17) is 10.2 Å². The average molecular weight is 343 g/mol. The number of furan rings is 1. The zero-order valence-electron chi connectivity index (χ0n) is 13.7. The molecule has 130 valence electrons. The predicted octanol–water partition coefficient (Wildman–Crippen LogP) is 1.26. The summed E-state index contributed by atoms with van der Waals surface area (Å²) in [6, 6.07) is 8.37. The summed E-state index contributed by atoms with van der Waals surface area (Å²) in [6.45, 7) is 2.40. The van der Waals surface area contributed by atoms with Crippen LogP contribution >= 0.6 is 0 Å². The van der Waals surface area contributed by atoms with Crippen LogP contribution in [0.4, 0.5) is 5.88 Å². The van der Waals surface area contributed by atoms with Gasteiger partial charge in [-0.3, -0.25) is 24.5 Å². The van der Waals surface area contributed by atoms with E-state index in [-0.39, 0.29) is 29.3 Å². The highest BCUT2D eigenvalue weighted by atomic mass is 16.4. The van der Waals surface area contributed by atoms with Crippen molar-refractivity contribution >= 4 is 29.4 Å². The number of primary amides is 1. The van der Waals surface area contributed by atoms with Crippen molar-refractivity contribution in [3.05, 3.63) is 52.8 Å². The second-order valence-corrected chi connectivity index (χ2v) is 5.25. The molecule has 1 heterocycles. The molecule has 0 spiro atoms. The average Bonchev–Trinajstić information content (AvgIpc) is 2.89. The minimum Gasteiger partial charge on any atom is -0.444 e. The summed E-state index contributed by atoms with van der Waals surface area (Å²) in [5, 5.41) is 4.78. The summed E-state index contributed by atoms with van der Waals surface area (Å²) in [7, 11) is 0. The Balaban J connectivity index is 2.08. The first-order chi connectivity index (χ1) is 11.8. The number of carbonyl (C=O) groups is 4. The third-order valence-electron chi connectivity index (χ3n) is 3.38. The largest absolute Gasteiger partial charge is 0.444 e. The molecule has 8 heteroatoms. The Morgan fingerprint density at radius 3 is 2.28 bits per heavy atom. The van der Waals surface area contributed by atoms with Gasteiger partial charge in [-0.15, -0.1) is 0 Å². The molecule has 2 rings (SSSR count). The van der Waals surface area contributed by atoms with Crippen molar-refractivity contribution in [1.82, 2.24) is 5.32 Å². The monoisotopic (exact) mass is 343 g/mol. The minimum atomic E-state index is -0.898. The van der Waals surface area contributed by atoms with Gasteiger partial charge < -0.3 is 15.5 Å². The highest BCUT2D eigenvalue weighted by molar-refractivity contribution is 6.12. The Morgan fingerprint density at radius 2 is 1.72 bits per heavy atom. The Morgan fingerprint density at radius 1 is 1.08 bits per heavy atom. The van der Waals surface area contributed by atoms with E-state index in [0.29, 0.717) is 5.56 Å². The van der Waals surface area contributed by atoms with Crippen LogP contribution in [0, 0.1) is 6.92 Å². The lowest BCUT2D eigenvalue weighted by molar-refractivity contribution is -0.115. The van der Waals surface area contributed by atoms with Gasteiger partial charge >= 0.3 is 0 Å². The number of aryl methyl sites for hydroxylation is 1. The lowest BCUT2D eigenvalue weighted by atomic mass is 10.1. The number of hydrogen-bond acceptors (Lipinski definition) is 5. The number of nitrogens with two attached hydrogens (primary N) is 1. The highest BCUT2D eigenvalue weighted by Crippen LogP contribution is 2.27. The Kier molecular flexibility index (Phi) is 5.33. The van der Waals surface area contributed by atoms with Crippen LogP contribution in [0.15, 0.2) is 34.7 Å². The lowest BCUT2D eigenvalue weighted by Crippen LogP contribution is -2.33. The molecule has 2 aromatic rings. The first kappa shape index (κ1) is 17.9. The first-order valence-corrected chi connectivity index (χ1v) is 7.38. The Hall–Kier alpha value is -3.42. The molecule has 3 amide bonds. The number of benzene rings is 1. The lowest BCUT2D eigenvalue weighted by Gasteiger charge is -2.06. The van der Waals surface area contributed by atoms with Gasteiger partial charge in [0, 0.05) is 5.56 Å². The topological polar surface area (TPSA) is 132 Å². The van der Waals surface area contributed by atoms with Crippen LogP contribution in [0.5, 0.6) is 0 Å². The number of anilines is 1. The third-order valence-corrected chi connectivity index (χ3v) is 3.38. The number of carbonyl (C=O) groups excluding carboxylic acids is 4. The zero-order chi connectivity index (χ0) is 18.6. The molecular formula is C17H17N3O5. The van der Waals surface area contributed by atoms with Crippen LogP contribution in [0.1, 0.15) is 43.8 Å². The number of Topliss-reactive ketones (excluding diaryl/α,β-unsaturated/α-hetero) is 1. The van der Waals surface area contributed by atoms with Crippen LogP contribution in [-0.2, 0) is 4.79 Å². The third kappa shape index (κ3) is 4.11. The standard InChI is InChI=1S/C17H17N3O5/c1-9(21)13-10(2)25-17(14(13)15(18)23)20-12(22)8-19-16(24)11-6-4-3-5-7-11/h3-7H,8H2,1-2H3,(H2,18,23)(H,19,24)(H,20,22). The molecule has 0 aliphatic rings. The second-order valence-electron chi connectivity index (χ2n) is 5.25. The molecule has 0 radical (unpaired) electrons. The molecular weight excluding hydrogens is 326 g/mol. The van der Waals surface area contributed by atoms with E-state index in [1.807, 2.05) is 0 Å². The molecule has 0 aliphatic heterocycles. The maximum absolute atomic E-state index is 12.0. The second kappa shape index (κ2) is 7.43. The highest BCUT2D eigenvalue weighted by Gasteiger charge is 2.26. The van der Waals surface area contributed by atoms with Crippen molar-refractivity contribution in [3.63, 3.8) is 0 Å². The van der Waals surface area contributed by atoms with Crippen molar-refractivity contribution < 1.29 is 23.6 Å². The van der Waals surface area contributed by atoms with Crippen LogP contribution in [-0.4, -0.2) is 30.0 Å². The van der Waals surface area contributed by atoms with E-state index in [1.165, 1.54) is 13.8 Å². The molecule has 0 unspecified atom stereocenters. The fourth-order valence-corrected chi connectivity index (χ4v) is 2.31. The van der Waals surface area contributed by atoms with Crippen LogP contribution in [0.2, 0.25) is 0 Å². The fourth-order valence-electron chi connectivity index (χ4n) is 2.31. The molecule has 0 aliphatic carbocycles. The van der Waals surface area contributed by atoms with Gasteiger partial charge in [0.2, 0.25) is 11.8 Å². The van der Waals surface area contributed by atoms with E-state index in [9.17, 15) is 19.2 Å². The maximum atomic E-state index is 12.0. The maximum Gasteiger partial charge on any atom is 0.255 e. The smallest absolute Gasteiger partial charge is 0.255 e. The molecule has 0 fully saturated rings. The predicted molar refractivity (Wildman–Crippen MR) is 89.4 cm³/mol. The van der Waals surface area contributed by atoms with Crippen molar-refractivity contribution in [2.75, 3.05) is 11.9 Å². The quantitative estimate of drug-likeness (QED) is 0.679. The molecule has 0 saturated heterocycles. The van der Waals surface area contributed by atoms with Crippen molar-refractivity contribution in [2.45, 2.75) is 13.8 Å². The summed E-state index contributed by atoms with van der Waals surface area (Å²) in [5.74, 6) is -2.40. The SMILES string of the molecule is CC(=O)c1c(C)oc(NC(=O)CNC(=O)c2ccccc2)c1C(N)=O. The Bertz CT molecular complexity index is 839. The molecule has 0 bridgehead atoms. The number of rotatable bonds is 6. The van der Waals surface area contributed by atoms with Gasteiger partial charge in [-0.05, 0) is 26.0 Å². The molecule has 1 aromatic carbocycles. The summed E-state index contributed by atoms with van der Waals surface area (Å²) in [5.41, 5.74) is 5.51. The number of amides is 3. The van der Waals surface area contributed by atoms with Crippen LogP contribution in [0.3, 0.4) is 0 Å².